The van der Waals surface area contributed by atoms with E-state index < -0.39 is 0 Å². The van der Waals surface area contributed by atoms with Gasteiger partial charge in [-0.15, -0.1) is 11.8 Å². The summed E-state index contributed by atoms with van der Waals surface area (Å²) in [6.07, 6.45) is 1.84. The Labute approximate surface area is 93.8 Å². The minimum atomic E-state index is 0.154. The SMILES string of the molecule is CC(=O)C1=CNC(c2ccccc2)SC1. The minimum Gasteiger partial charge on any atom is -0.375 e. The molecule has 0 amide bonds. The zero-order valence-electron chi connectivity index (χ0n) is 8.57. The summed E-state index contributed by atoms with van der Waals surface area (Å²) in [4.78, 5) is 11.1. The first kappa shape index (κ1) is 10.3. The van der Waals surface area contributed by atoms with E-state index in [0.717, 1.165) is 11.3 Å². The lowest BCUT2D eigenvalue weighted by atomic mass is 10.2. The molecule has 0 bridgehead atoms. The fourth-order valence-corrected chi connectivity index (χ4v) is 2.61. The highest BCUT2D eigenvalue weighted by Crippen LogP contribution is 2.30. The molecular formula is C12H13NOS. The standard InChI is InChI=1S/C12H13NOS/c1-9(14)11-7-13-12(15-8-11)10-5-3-2-4-6-10/h2-7,12-13H,8H2,1H3. The molecular weight excluding hydrogens is 206 g/mol. The molecule has 1 atom stereocenters. The molecule has 0 saturated heterocycles. The molecule has 78 valence electrons. The average Bonchev–Trinajstić information content (AvgIpc) is 2.30. The van der Waals surface area contributed by atoms with E-state index in [0.29, 0.717) is 0 Å². The maximum Gasteiger partial charge on any atom is 0.158 e. The zero-order chi connectivity index (χ0) is 10.7. The third-order valence-corrected chi connectivity index (χ3v) is 3.59. The van der Waals surface area contributed by atoms with Crippen LogP contribution < -0.4 is 5.32 Å². The van der Waals surface area contributed by atoms with Gasteiger partial charge in [0.15, 0.2) is 5.78 Å². The van der Waals surface area contributed by atoms with Crippen molar-refractivity contribution in [3.8, 4) is 0 Å². The van der Waals surface area contributed by atoms with Gasteiger partial charge in [-0.2, -0.15) is 0 Å². The molecule has 1 aromatic rings. The Hall–Kier alpha value is -1.22. The number of rotatable bonds is 2. The highest BCUT2D eigenvalue weighted by Gasteiger charge is 2.17. The Morgan fingerprint density at radius 2 is 2.13 bits per heavy atom. The first-order valence-corrected chi connectivity index (χ1v) is 5.95. The van der Waals surface area contributed by atoms with Gasteiger partial charge in [-0.1, -0.05) is 30.3 Å². The van der Waals surface area contributed by atoms with E-state index in [4.69, 9.17) is 0 Å². The van der Waals surface area contributed by atoms with E-state index in [1.54, 1.807) is 18.7 Å². The molecule has 2 nitrogen and oxygen atoms in total. The second-order valence-electron chi connectivity index (χ2n) is 3.49. The van der Waals surface area contributed by atoms with Crippen molar-refractivity contribution >= 4 is 17.5 Å². The number of hydrogen-bond acceptors (Lipinski definition) is 3. The van der Waals surface area contributed by atoms with Gasteiger partial charge in [0, 0.05) is 17.5 Å². The molecule has 1 unspecified atom stereocenters. The molecule has 0 spiro atoms. The number of ketones is 1. The highest BCUT2D eigenvalue weighted by molar-refractivity contribution is 7.99. The summed E-state index contributed by atoms with van der Waals surface area (Å²) in [7, 11) is 0. The average molecular weight is 219 g/mol. The molecule has 0 radical (unpaired) electrons. The van der Waals surface area contributed by atoms with Crippen LogP contribution in [-0.2, 0) is 4.79 Å². The van der Waals surface area contributed by atoms with E-state index in [9.17, 15) is 4.79 Å². The predicted molar refractivity (Wildman–Crippen MR) is 63.5 cm³/mol. The van der Waals surface area contributed by atoms with Crippen LogP contribution in [0.4, 0.5) is 0 Å². The lowest BCUT2D eigenvalue weighted by Gasteiger charge is -2.22. The van der Waals surface area contributed by atoms with Crippen LogP contribution in [0.3, 0.4) is 0 Å². The van der Waals surface area contributed by atoms with Gasteiger partial charge in [-0.25, -0.2) is 0 Å². The van der Waals surface area contributed by atoms with Crippen molar-refractivity contribution in [1.29, 1.82) is 0 Å². The molecule has 0 fully saturated rings. The summed E-state index contributed by atoms with van der Waals surface area (Å²) in [5.41, 5.74) is 2.12. The lowest BCUT2D eigenvalue weighted by molar-refractivity contribution is -0.113. The lowest BCUT2D eigenvalue weighted by Crippen LogP contribution is -2.20. The normalized spacial score (nSPS) is 20.3. The molecule has 1 aromatic carbocycles. The third kappa shape index (κ3) is 2.42. The fourth-order valence-electron chi connectivity index (χ4n) is 1.46. The highest BCUT2D eigenvalue weighted by atomic mass is 32.2. The van der Waals surface area contributed by atoms with Crippen molar-refractivity contribution < 1.29 is 4.79 Å². The van der Waals surface area contributed by atoms with Gasteiger partial charge in [-0.3, -0.25) is 4.79 Å². The Morgan fingerprint density at radius 3 is 2.67 bits per heavy atom. The first-order valence-electron chi connectivity index (χ1n) is 4.90. The minimum absolute atomic E-state index is 0.154. The molecule has 1 aliphatic rings. The van der Waals surface area contributed by atoms with Crippen LogP contribution in [0, 0.1) is 0 Å². The van der Waals surface area contributed by atoms with Gasteiger partial charge in [0.1, 0.15) is 0 Å². The van der Waals surface area contributed by atoms with E-state index in [-0.39, 0.29) is 11.2 Å². The number of Topliss-reactive ketones (excluding diaryl/α,β-unsaturated/α-hetero) is 1. The van der Waals surface area contributed by atoms with Crippen LogP contribution in [0.5, 0.6) is 0 Å². The van der Waals surface area contributed by atoms with Crippen molar-refractivity contribution in [1.82, 2.24) is 5.32 Å². The van der Waals surface area contributed by atoms with Gasteiger partial charge >= 0.3 is 0 Å². The summed E-state index contributed by atoms with van der Waals surface area (Å²) in [5.74, 6) is 0.948. The van der Waals surface area contributed by atoms with Crippen molar-refractivity contribution in [3.63, 3.8) is 0 Å². The molecule has 0 aliphatic carbocycles. The van der Waals surface area contributed by atoms with Crippen LogP contribution in [-0.4, -0.2) is 11.5 Å². The molecule has 2 rings (SSSR count). The first-order chi connectivity index (χ1) is 7.27. The quantitative estimate of drug-likeness (QED) is 0.828. The van der Waals surface area contributed by atoms with Gasteiger partial charge in [0.2, 0.25) is 0 Å². The zero-order valence-corrected chi connectivity index (χ0v) is 9.38. The number of thioether (sulfide) groups is 1. The molecule has 3 heteroatoms. The van der Waals surface area contributed by atoms with Crippen molar-refractivity contribution in [2.24, 2.45) is 0 Å². The van der Waals surface area contributed by atoms with E-state index in [1.807, 2.05) is 24.4 Å². The Kier molecular flexibility index (Phi) is 3.11. The smallest absolute Gasteiger partial charge is 0.158 e. The van der Waals surface area contributed by atoms with E-state index >= 15 is 0 Å². The molecule has 0 saturated carbocycles. The van der Waals surface area contributed by atoms with E-state index in [2.05, 4.69) is 17.4 Å². The second kappa shape index (κ2) is 4.53. The summed E-state index contributed by atoms with van der Waals surface area (Å²) in [6.45, 7) is 1.61. The number of carbonyl (C=O) groups excluding carboxylic acids is 1. The van der Waals surface area contributed by atoms with Gasteiger partial charge < -0.3 is 5.32 Å². The Balaban J connectivity index is 2.09. The Morgan fingerprint density at radius 1 is 1.40 bits per heavy atom. The topological polar surface area (TPSA) is 29.1 Å². The predicted octanol–water partition coefficient (Wildman–Crippen LogP) is 2.49. The maximum atomic E-state index is 11.1. The molecule has 0 aromatic heterocycles. The number of hydrogen-bond donors (Lipinski definition) is 1. The van der Waals surface area contributed by atoms with Crippen LogP contribution in [0.15, 0.2) is 42.1 Å². The molecule has 1 heterocycles. The van der Waals surface area contributed by atoms with Crippen molar-refractivity contribution in [3.05, 3.63) is 47.7 Å². The van der Waals surface area contributed by atoms with Crippen molar-refractivity contribution in [2.45, 2.75) is 12.3 Å². The maximum absolute atomic E-state index is 11.1. The van der Waals surface area contributed by atoms with Crippen LogP contribution in [0.1, 0.15) is 17.9 Å². The van der Waals surface area contributed by atoms with Gasteiger partial charge in [-0.05, 0) is 12.5 Å². The van der Waals surface area contributed by atoms with Gasteiger partial charge in [0.05, 0.1) is 5.37 Å². The van der Waals surface area contributed by atoms with E-state index in [1.165, 1.54) is 5.56 Å². The Bertz CT molecular complexity index is 386. The molecule has 1 N–H and O–H groups in total. The number of nitrogens with one attached hydrogen (secondary N) is 1. The second-order valence-corrected chi connectivity index (χ2v) is 4.59. The largest absolute Gasteiger partial charge is 0.375 e. The summed E-state index contributed by atoms with van der Waals surface area (Å²) in [6, 6.07) is 10.3. The number of benzene rings is 1. The summed E-state index contributed by atoms with van der Waals surface area (Å²) >= 11 is 1.75. The number of carbonyl (C=O) groups is 1. The van der Waals surface area contributed by atoms with Gasteiger partial charge in [0.25, 0.3) is 0 Å². The monoisotopic (exact) mass is 219 g/mol. The molecule has 1 aliphatic heterocycles. The van der Waals surface area contributed by atoms with Crippen LogP contribution >= 0.6 is 11.8 Å². The van der Waals surface area contributed by atoms with Crippen molar-refractivity contribution in [2.75, 3.05) is 5.75 Å². The van der Waals surface area contributed by atoms with Crippen LogP contribution in [0.25, 0.3) is 0 Å². The summed E-state index contributed by atoms with van der Waals surface area (Å²) < 4.78 is 0. The van der Waals surface area contributed by atoms with Crippen LogP contribution in [0.2, 0.25) is 0 Å². The summed E-state index contributed by atoms with van der Waals surface area (Å²) in [5, 5.41) is 3.52. The third-order valence-electron chi connectivity index (χ3n) is 2.37. The fraction of sp³-hybridized carbons (Fsp3) is 0.250. The molecule has 15 heavy (non-hydrogen) atoms.